The second kappa shape index (κ2) is 15.8. The summed E-state index contributed by atoms with van der Waals surface area (Å²) in [7, 11) is 9.17. The summed E-state index contributed by atoms with van der Waals surface area (Å²) in [6.45, 7) is 5.38. The van der Waals surface area contributed by atoms with Gasteiger partial charge in [0.25, 0.3) is 0 Å². The fourth-order valence-electron chi connectivity index (χ4n) is 3.14. The number of ether oxygens (including phenoxy) is 2. The molecule has 0 saturated carbocycles. The van der Waals surface area contributed by atoms with Crippen molar-refractivity contribution in [3.05, 3.63) is 35.9 Å². The van der Waals surface area contributed by atoms with E-state index in [4.69, 9.17) is 9.47 Å². The van der Waals surface area contributed by atoms with E-state index >= 15 is 0 Å². The molecule has 0 spiro atoms. The highest BCUT2D eigenvalue weighted by Gasteiger charge is 2.16. The Kier molecular flexibility index (Phi) is 13.6. The van der Waals surface area contributed by atoms with Gasteiger partial charge in [-0.2, -0.15) is 0 Å². The average Bonchev–Trinajstić information content (AvgIpc) is 2.81. The third-order valence-corrected chi connectivity index (χ3v) is 5.35. The highest BCUT2D eigenvalue weighted by atomic mass is 16.6. The molecule has 9 nitrogen and oxygen atoms in total. The van der Waals surface area contributed by atoms with Gasteiger partial charge in [-0.25, -0.2) is 4.79 Å². The molecule has 0 bridgehead atoms. The van der Waals surface area contributed by atoms with Crippen LogP contribution in [0.4, 0.5) is 4.79 Å². The quantitative estimate of drug-likeness (QED) is 0.164. The van der Waals surface area contributed by atoms with E-state index in [-0.39, 0.29) is 24.2 Å². The van der Waals surface area contributed by atoms with E-state index in [1.54, 1.807) is 25.2 Å². The zero-order valence-corrected chi connectivity index (χ0v) is 23.1. The first-order valence-electron chi connectivity index (χ1n) is 12.5. The molecule has 0 aliphatic carbocycles. The number of hydrogen-bond donors (Lipinski definition) is 2. The second-order valence-corrected chi connectivity index (χ2v) is 10.3. The summed E-state index contributed by atoms with van der Waals surface area (Å²) >= 11 is 0. The number of amides is 3. The number of nitrogens with zero attached hydrogens (tertiary/aromatic N) is 2. The highest BCUT2D eigenvalue weighted by molar-refractivity contribution is 5.77. The summed E-state index contributed by atoms with van der Waals surface area (Å²) in [6, 6.07) is 5.11. The van der Waals surface area contributed by atoms with E-state index in [0.717, 1.165) is 24.8 Å². The summed E-state index contributed by atoms with van der Waals surface area (Å²) < 4.78 is 11.4. The third-order valence-electron chi connectivity index (χ3n) is 5.35. The molecule has 202 valence electrons. The Balaban J connectivity index is 2.46. The molecule has 0 saturated heterocycles. The van der Waals surface area contributed by atoms with Crippen molar-refractivity contribution in [3.8, 4) is 11.5 Å². The van der Waals surface area contributed by atoms with Crippen LogP contribution < -0.4 is 20.1 Å². The van der Waals surface area contributed by atoms with Crippen LogP contribution in [0.3, 0.4) is 0 Å². The molecule has 0 heterocycles. The van der Waals surface area contributed by atoms with Crippen LogP contribution in [0.2, 0.25) is 0 Å². The van der Waals surface area contributed by atoms with Crippen LogP contribution in [0, 0.1) is 5.92 Å². The number of quaternary nitrogens is 1. The molecule has 0 aromatic heterocycles. The predicted octanol–water partition coefficient (Wildman–Crippen LogP) is 3.68. The highest BCUT2D eigenvalue weighted by Crippen LogP contribution is 2.28. The molecule has 0 fully saturated rings. The van der Waals surface area contributed by atoms with E-state index in [1.165, 1.54) is 12.0 Å². The van der Waals surface area contributed by atoms with Crippen molar-refractivity contribution in [1.29, 1.82) is 0 Å². The number of hydrogen-bond acceptors (Lipinski definition) is 5. The molecular weight excluding hydrogens is 460 g/mol. The number of methoxy groups -OCH3 is 1. The molecule has 9 heteroatoms. The van der Waals surface area contributed by atoms with Crippen molar-refractivity contribution in [2.75, 3.05) is 48.5 Å². The van der Waals surface area contributed by atoms with Gasteiger partial charge in [0.1, 0.15) is 0 Å². The third kappa shape index (κ3) is 13.7. The minimum Gasteiger partial charge on any atom is -0.493 e. The number of benzene rings is 1. The fraction of sp³-hybridized carbons (Fsp3) is 0.593. The van der Waals surface area contributed by atoms with Gasteiger partial charge < -0.3 is 29.5 Å². The standard InChI is InChI=1S/C27H44N4O5/c1-21(2)12-10-8-9-11-13-25(32)28-19-22-14-15-23(24(18-22)35-7)36-27(34)29-20-30(3)26(33)16-17-31(4,5)6/h10,12,14-15,18,21H,8-9,11,13,16-17,19-20H2,1-7H3,(H-,28,29,32,34)/p+1/b12-10+. The van der Waals surface area contributed by atoms with Gasteiger partial charge in [-0.05, 0) is 42.9 Å². The van der Waals surface area contributed by atoms with E-state index in [2.05, 4.69) is 36.6 Å². The molecular formula is C27H45N4O5+. The number of rotatable bonds is 15. The van der Waals surface area contributed by atoms with Crippen LogP contribution in [0.1, 0.15) is 51.5 Å². The van der Waals surface area contributed by atoms with Crippen LogP contribution in [0.5, 0.6) is 11.5 Å². The van der Waals surface area contributed by atoms with Crippen LogP contribution in [-0.4, -0.2) is 75.8 Å². The maximum Gasteiger partial charge on any atom is 0.414 e. The Labute approximate surface area is 216 Å². The lowest BCUT2D eigenvalue weighted by Crippen LogP contribution is -2.42. The van der Waals surface area contributed by atoms with Gasteiger partial charge in [0.05, 0.1) is 47.9 Å². The largest absolute Gasteiger partial charge is 0.493 e. The van der Waals surface area contributed by atoms with Gasteiger partial charge in [0, 0.05) is 20.0 Å². The van der Waals surface area contributed by atoms with Crippen molar-refractivity contribution in [2.45, 2.75) is 52.5 Å². The van der Waals surface area contributed by atoms with Crippen molar-refractivity contribution in [3.63, 3.8) is 0 Å². The number of unbranched alkanes of at least 4 members (excludes halogenated alkanes) is 2. The molecule has 1 aromatic carbocycles. The van der Waals surface area contributed by atoms with Crippen molar-refractivity contribution >= 4 is 17.9 Å². The first kappa shape index (κ1) is 31.0. The first-order chi connectivity index (χ1) is 16.9. The normalized spacial score (nSPS) is 11.4. The average molecular weight is 506 g/mol. The molecule has 0 aliphatic rings. The zero-order chi connectivity index (χ0) is 27.1. The zero-order valence-electron chi connectivity index (χ0n) is 23.1. The Morgan fingerprint density at radius 1 is 1.06 bits per heavy atom. The van der Waals surface area contributed by atoms with Crippen LogP contribution >= 0.6 is 0 Å². The number of carbonyl (C=O) groups is 3. The van der Waals surface area contributed by atoms with Crippen LogP contribution in [0.15, 0.2) is 30.4 Å². The van der Waals surface area contributed by atoms with E-state index in [1.807, 2.05) is 21.1 Å². The lowest BCUT2D eigenvalue weighted by Gasteiger charge is -2.25. The van der Waals surface area contributed by atoms with E-state index in [9.17, 15) is 14.4 Å². The van der Waals surface area contributed by atoms with Crippen LogP contribution in [-0.2, 0) is 16.1 Å². The monoisotopic (exact) mass is 505 g/mol. The smallest absolute Gasteiger partial charge is 0.414 e. The first-order valence-corrected chi connectivity index (χ1v) is 12.5. The number of allylic oxidation sites excluding steroid dienone is 2. The Morgan fingerprint density at radius 2 is 1.78 bits per heavy atom. The molecule has 3 amide bonds. The molecule has 0 atom stereocenters. The second-order valence-electron chi connectivity index (χ2n) is 10.3. The minimum absolute atomic E-state index is 0.00150. The summed E-state index contributed by atoms with van der Waals surface area (Å²) in [5.74, 6) is 1.12. The van der Waals surface area contributed by atoms with Gasteiger partial charge >= 0.3 is 6.09 Å². The molecule has 0 radical (unpaired) electrons. The topological polar surface area (TPSA) is 97.0 Å². The van der Waals surface area contributed by atoms with Crippen molar-refractivity contribution < 1.29 is 28.3 Å². The van der Waals surface area contributed by atoms with Gasteiger partial charge in [0.2, 0.25) is 11.8 Å². The Hall–Kier alpha value is -3.07. The van der Waals surface area contributed by atoms with Crippen molar-refractivity contribution in [1.82, 2.24) is 15.5 Å². The lowest BCUT2D eigenvalue weighted by atomic mass is 10.1. The van der Waals surface area contributed by atoms with Gasteiger partial charge in [-0.3, -0.25) is 9.59 Å². The van der Waals surface area contributed by atoms with Crippen LogP contribution in [0.25, 0.3) is 0 Å². The Morgan fingerprint density at radius 3 is 2.42 bits per heavy atom. The SMILES string of the molecule is COc1cc(CNC(=O)CCCC/C=C/C(C)C)ccc1OC(=O)NCN(C)C(=O)CC[N+](C)(C)C. The number of nitrogens with one attached hydrogen (secondary N) is 2. The molecule has 1 rings (SSSR count). The summed E-state index contributed by atoms with van der Waals surface area (Å²) in [5, 5.41) is 5.49. The summed E-state index contributed by atoms with van der Waals surface area (Å²) in [5.41, 5.74) is 0.829. The Bertz CT molecular complexity index is 877. The van der Waals surface area contributed by atoms with Gasteiger partial charge in [-0.1, -0.05) is 32.1 Å². The lowest BCUT2D eigenvalue weighted by molar-refractivity contribution is -0.869. The van der Waals surface area contributed by atoms with E-state index in [0.29, 0.717) is 42.1 Å². The summed E-state index contributed by atoms with van der Waals surface area (Å²) in [6.07, 6.45) is 7.35. The van der Waals surface area contributed by atoms with Gasteiger partial charge in [-0.15, -0.1) is 0 Å². The maximum atomic E-state index is 12.2. The van der Waals surface area contributed by atoms with E-state index < -0.39 is 6.09 Å². The predicted molar refractivity (Wildman–Crippen MR) is 142 cm³/mol. The molecule has 1 aromatic rings. The minimum atomic E-state index is -0.691. The molecule has 2 N–H and O–H groups in total. The fourth-order valence-corrected chi connectivity index (χ4v) is 3.14. The maximum absolute atomic E-state index is 12.2. The molecule has 0 aliphatic heterocycles. The number of carbonyl (C=O) groups excluding carboxylic acids is 3. The molecule has 0 unspecified atom stereocenters. The molecule has 36 heavy (non-hydrogen) atoms. The van der Waals surface area contributed by atoms with Gasteiger partial charge in [0.15, 0.2) is 11.5 Å². The van der Waals surface area contributed by atoms with Crippen molar-refractivity contribution in [2.24, 2.45) is 5.92 Å². The summed E-state index contributed by atoms with van der Waals surface area (Å²) in [4.78, 5) is 38.0.